The Hall–Kier alpha value is -0.0800. The minimum atomic E-state index is 0.653. The van der Waals surface area contributed by atoms with Gasteiger partial charge < -0.3 is 10.2 Å². The maximum Gasteiger partial charge on any atom is 0.00916 e. The number of likely N-dealkylation sites (tertiary alicyclic amines) is 1. The van der Waals surface area contributed by atoms with Crippen molar-refractivity contribution in [2.45, 2.75) is 71.3 Å². The molecule has 1 aliphatic heterocycles. The summed E-state index contributed by atoms with van der Waals surface area (Å²) in [6, 6.07) is 0.794. The first-order chi connectivity index (χ1) is 8.78. The first kappa shape index (κ1) is 14.3. The highest BCUT2D eigenvalue weighted by Crippen LogP contribution is 2.40. The van der Waals surface area contributed by atoms with Gasteiger partial charge in [-0.3, -0.25) is 0 Å². The Morgan fingerprint density at radius 1 is 1.11 bits per heavy atom. The van der Waals surface area contributed by atoms with E-state index in [1.165, 1.54) is 77.5 Å². The molecule has 2 rings (SSSR count). The van der Waals surface area contributed by atoms with E-state index >= 15 is 0 Å². The van der Waals surface area contributed by atoms with Crippen LogP contribution in [0.2, 0.25) is 0 Å². The normalized spacial score (nSPS) is 25.7. The summed E-state index contributed by atoms with van der Waals surface area (Å²) in [5, 5.41) is 3.89. The van der Waals surface area contributed by atoms with E-state index in [4.69, 9.17) is 0 Å². The molecule has 1 heterocycles. The largest absolute Gasteiger partial charge is 0.313 e. The third kappa shape index (κ3) is 3.71. The van der Waals surface area contributed by atoms with Crippen LogP contribution in [0.3, 0.4) is 0 Å². The van der Waals surface area contributed by atoms with Crippen molar-refractivity contribution in [3.05, 3.63) is 0 Å². The molecule has 0 aromatic carbocycles. The highest BCUT2D eigenvalue weighted by molar-refractivity contribution is 4.87. The quantitative estimate of drug-likeness (QED) is 0.779. The summed E-state index contributed by atoms with van der Waals surface area (Å²) in [6.45, 7) is 9.87. The zero-order valence-electron chi connectivity index (χ0n) is 12.5. The molecule has 18 heavy (non-hydrogen) atoms. The minimum Gasteiger partial charge on any atom is -0.313 e. The lowest BCUT2D eigenvalue weighted by Gasteiger charge is -2.35. The first-order valence-corrected chi connectivity index (χ1v) is 8.24. The predicted octanol–water partition coefficient (Wildman–Crippen LogP) is 3.42. The van der Waals surface area contributed by atoms with Crippen molar-refractivity contribution < 1.29 is 0 Å². The van der Waals surface area contributed by atoms with E-state index in [1.807, 2.05) is 0 Å². The summed E-state index contributed by atoms with van der Waals surface area (Å²) in [5.74, 6) is 0. The molecule has 1 N–H and O–H groups in total. The Morgan fingerprint density at radius 3 is 2.33 bits per heavy atom. The van der Waals surface area contributed by atoms with Crippen LogP contribution in [0, 0.1) is 5.41 Å². The number of nitrogens with zero attached hydrogens (tertiary/aromatic N) is 1. The average Bonchev–Trinajstić information content (AvgIpc) is 2.88. The fourth-order valence-electron chi connectivity index (χ4n) is 3.82. The van der Waals surface area contributed by atoms with Gasteiger partial charge in [-0.25, -0.2) is 0 Å². The van der Waals surface area contributed by atoms with Gasteiger partial charge in [0.25, 0.3) is 0 Å². The molecular formula is C16H32N2. The van der Waals surface area contributed by atoms with Crippen LogP contribution in [-0.4, -0.2) is 37.1 Å². The highest BCUT2D eigenvalue weighted by Gasteiger charge is 2.32. The Balaban J connectivity index is 1.68. The Morgan fingerprint density at radius 2 is 1.78 bits per heavy atom. The van der Waals surface area contributed by atoms with Crippen molar-refractivity contribution in [1.29, 1.82) is 0 Å². The first-order valence-electron chi connectivity index (χ1n) is 8.24. The molecule has 0 spiro atoms. The summed E-state index contributed by atoms with van der Waals surface area (Å²) in [5.41, 5.74) is 0.653. The number of piperidine rings is 1. The topological polar surface area (TPSA) is 15.3 Å². The second-order valence-electron chi connectivity index (χ2n) is 6.56. The van der Waals surface area contributed by atoms with Crippen LogP contribution in [0.25, 0.3) is 0 Å². The van der Waals surface area contributed by atoms with Crippen LogP contribution in [-0.2, 0) is 0 Å². The van der Waals surface area contributed by atoms with Gasteiger partial charge >= 0.3 is 0 Å². The van der Waals surface area contributed by atoms with E-state index in [-0.39, 0.29) is 0 Å². The van der Waals surface area contributed by atoms with Crippen molar-refractivity contribution in [2.75, 3.05) is 26.2 Å². The van der Waals surface area contributed by atoms with Gasteiger partial charge in [-0.15, -0.1) is 0 Å². The van der Waals surface area contributed by atoms with Crippen LogP contribution in [0.15, 0.2) is 0 Å². The van der Waals surface area contributed by atoms with Gasteiger partial charge in [0.15, 0.2) is 0 Å². The summed E-state index contributed by atoms with van der Waals surface area (Å²) >= 11 is 0. The fourth-order valence-corrected chi connectivity index (χ4v) is 3.82. The molecule has 0 unspecified atom stereocenters. The number of hydrogen-bond acceptors (Lipinski definition) is 2. The number of hydrogen-bond donors (Lipinski definition) is 1. The molecule has 0 bridgehead atoms. The molecular weight excluding hydrogens is 220 g/mol. The third-order valence-corrected chi connectivity index (χ3v) is 5.31. The van der Waals surface area contributed by atoms with Gasteiger partial charge in [-0.05, 0) is 63.6 Å². The molecule has 106 valence electrons. The van der Waals surface area contributed by atoms with Crippen molar-refractivity contribution in [2.24, 2.45) is 5.41 Å². The van der Waals surface area contributed by atoms with Crippen molar-refractivity contribution in [3.63, 3.8) is 0 Å². The van der Waals surface area contributed by atoms with E-state index < -0.39 is 0 Å². The van der Waals surface area contributed by atoms with Crippen molar-refractivity contribution >= 4 is 0 Å². The molecule has 0 amide bonds. The highest BCUT2D eigenvalue weighted by atomic mass is 15.1. The Bertz CT molecular complexity index is 225. The summed E-state index contributed by atoms with van der Waals surface area (Å²) in [4.78, 5) is 2.63. The van der Waals surface area contributed by atoms with Crippen LogP contribution < -0.4 is 5.32 Å². The SMILES string of the molecule is CCCN1CCC(NCC2(CC)CCCC2)CC1. The molecule has 1 aliphatic carbocycles. The molecule has 0 atom stereocenters. The van der Waals surface area contributed by atoms with E-state index in [9.17, 15) is 0 Å². The van der Waals surface area contributed by atoms with E-state index in [0.29, 0.717) is 5.41 Å². The molecule has 2 fully saturated rings. The van der Waals surface area contributed by atoms with Gasteiger partial charge in [0.1, 0.15) is 0 Å². The summed E-state index contributed by atoms with van der Waals surface area (Å²) < 4.78 is 0. The van der Waals surface area contributed by atoms with Gasteiger partial charge in [0.2, 0.25) is 0 Å². The molecule has 2 nitrogen and oxygen atoms in total. The second kappa shape index (κ2) is 6.91. The lowest BCUT2D eigenvalue weighted by Crippen LogP contribution is -2.45. The standard InChI is InChI=1S/C16H32N2/c1-3-11-18-12-7-15(8-13-18)17-14-16(4-2)9-5-6-10-16/h15,17H,3-14H2,1-2H3. The number of rotatable bonds is 6. The van der Waals surface area contributed by atoms with Crippen LogP contribution in [0.4, 0.5) is 0 Å². The molecule has 0 aromatic heterocycles. The van der Waals surface area contributed by atoms with E-state index in [2.05, 4.69) is 24.1 Å². The van der Waals surface area contributed by atoms with Crippen molar-refractivity contribution in [3.8, 4) is 0 Å². The molecule has 2 aliphatic rings. The van der Waals surface area contributed by atoms with Gasteiger partial charge in [-0.2, -0.15) is 0 Å². The van der Waals surface area contributed by atoms with Gasteiger partial charge in [-0.1, -0.05) is 26.7 Å². The molecule has 0 radical (unpaired) electrons. The second-order valence-corrected chi connectivity index (χ2v) is 6.56. The molecule has 1 saturated carbocycles. The fraction of sp³-hybridized carbons (Fsp3) is 1.00. The van der Waals surface area contributed by atoms with Crippen LogP contribution >= 0.6 is 0 Å². The number of nitrogens with one attached hydrogen (secondary N) is 1. The maximum atomic E-state index is 3.89. The van der Waals surface area contributed by atoms with Crippen LogP contribution in [0.1, 0.15) is 65.2 Å². The Kier molecular flexibility index (Phi) is 5.50. The summed E-state index contributed by atoms with van der Waals surface area (Å²) in [6.07, 6.45) is 11.2. The average molecular weight is 252 g/mol. The maximum absolute atomic E-state index is 3.89. The monoisotopic (exact) mass is 252 g/mol. The molecule has 0 aromatic rings. The van der Waals surface area contributed by atoms with E-state index in [0.717, 1.165) is 6.04 Å². The lowest BCUT2D eigenvalue weighted by atomic mass is 9.83. The Labute approximate surface area is 114 Å². The summed E-state index contributed by atoms with van der Waals surface area (Å²) in [7, 11) is 0. The third-order valence-electron chi connectivity index (χ3n) is 5.31. The van der Waals surface area contributed by atoms with Gasteiger partial charge in [0, 0.05) is 12.6 Å². The smallest absolute Gasteiger partial charge is 0.00916 e. The van der Waals surface area contributed by atoms with Gasteiger partial charge in [0.05, 0.1) is 0 Å². The molecule has 2 heteroatoms. The van der Waals surface area contributed by atoms with E-state index in [1.54, 1.807) is 0 Å². The zero-order valence-corrected chi connectivity index (χ0v) is 12.5. The zero-order chi connectivity index (χ0) is 12.8. The predicted molar refractivity (Wildman–Crippen MR) is 78.9 cm³/mol. The minimum absolute atomic E-state index is 0.653. The van der Waals surface area contributed by atoms with Crippen molar-refractivity contribution in [1.82, 2.24) is 10.2 Å². The van der Waals surface area contributed by atoms with Crippen LogP contribution in [0.5, 0.6) is 0 Å². The molecule has 1 saturated heterocycles. The lowest BCUT2D eigenvalue weighted by molar-refractivity contribution is 0.179.